The maximum Gasteiger partial charge on any atom is 0.254 e. The number of carbonyl (C=O) groups is 2. The molecule has 0 N–H and O–H groups in total. The number of aromatic nitrogens is 1. The molecule has 9 nitrogen and oxygen atoms in total. The van der Waals surface area contributed by atoms with Crippen LogP contribution in [0.1, 0.15) is 21.6 Å². The Labute approximate surface area is 230 Å². The summed E-state index contributed by atoms with van der Waals surface area (Å²) in [6.07, 6.45) is 3.59. The molecule has 9 heteroatoms. The predicted molar refractivity (Wildman–Crippen MR) is 149 cm³/mol. The number of hydrogen-bond donors (Lipinski definition) is 0. The molecule has 0 bridgehead atoms. The first kappa shape index (κ1) is 29.3. The average Bonchev–Trinajstić information content (AvgIpc) is 3.40. The minimum atomic E-state index is -0.360. The highest BCUT2D eigenvalue weighted by molar-refractivity contribution is 5.97. The molecule has 1 aromatic heterocycles. The van der Waals surface area contributed by atoms with Crippen LogP contribution in [0.25, 0.3) is 0 Å². The molecule has 2 aromatic carbocycles. The van der Waals surface area contributed by atoms with Crippen LogP contribution in [0.15, 0.2) is 73.4 Å². The van der Waals surface area contributed by atoms with Crippen molar-refractivity contribution in [3.05, 3.63) is 90.3 Å². The van der Waals surface area contributed by atoms with Crippen molar-refractivity contribution < 1.29 is 28.5 Å². The van der Waals surface area contributed by atoms with Crippen LogP contribution in [-0.4, -0.2) is 80.9 Å². The quantitative estimate of drug-likeness (QED) is 0.275. The molecule has 208 valence electrons. The van der Waals surface area contributed by atoms with Crippen LogP contribution in [-0.2, 0) is 22.6 Å². The number of rotatable bonds is 15. The summed E-state index contributed by atoms with van der Waals surface area (Å²) in [6, 6.07) is 17.2. The SMILES string of the molecule is C=CCN(CC(=O)N(CCOC)Cc1cccn1Cc1ccccc1)C(=O)c1cc(OC)c(OC)c(OC)c1. The lowest BCUT2D eigenvalue weighted by Gasteiger charge is -2.28. The predicted octanol–water partition coefficient (Wildman–Crippen LogP) is 3.87. The Morgan fingerprint density at radius 2 is 1.62 bits per heavy atom. The minimum absolute atomic E-state index is 0.134. The van der Waals surface area contributed by atoms with Gasteiger partial charge in [0, 0.05) is 44.2 Å². The van der Waals surface area contributed by atoms with E-state index in [0.717, 1.165) is 11.3 Å². The molecule has 3 aromatic rings. The Kier molecular flexibility index (Phi) is 11.0. The Bertz CT molecular complexity index is 1220. The number of amides is 2. The van der Waals surface area contributed by atoms with Crippen molar-refractivity contribution in [3.8, 4) is 17.2 Å². The molecule has 0 saturated carbocycles. The van der Waals surface area contributed by atoms with Crippen molar-refractivity contribution in [1.29, 1.82) is 0 Å². The van der Waals surface area contributed by atoms with Gasteiger partial charge in [-0.25, -0.2) is 0 Å². The van der Waals surface area contributed by atoms with Gasteiger partial charge in [0.05, 0.1) is 34.5 Å². The maximum absolute atomic E-state index is 13.6. The number of ether oxygens (including phenoxy) is 4. The van der Waals surface area contributed by atoms with Crippen LogP contribution in [0, 0.1) is 0 Å². The minimum Gasteiger partial charge on any atom is -0.493 e. The summed E-state index contributed by atoms with van der Waals surface area (Å²) < 4.78 is 23.6. The van der Waals surface area contributed by atoms with Crippen LogP contribution in [0.5, 0.6) is 17.2 Å². The van der Waals surface area contributed by atoms with E-state index in [1.165, 1.54) is 26.2 Å². The lowest BCUT2D eigenvalue weighted by molar-refractivity contribution is -0.133. The van der Waals surface area contributed by atoms with Gasteiger partial charge in [-0.3, -0.25) is 9.59 Å². The Morgan fingerprint density at radius 3 is 2.21 bits per heavy atom. The van der Waals surface area contributed by atoms with Crippen LogP contribution in [0.2, 0.25) is 0 Å². The smallest absolute Gasteiger partial charge is 0.254 e. The second-order valence-electron chi connectivity index (χ2n) is 8.81. The summed E-state index contributed by atoms with van der Waals surface area (Å²) >= 11 is 0. The fourth-order valence-corrected chi connectivity index (χ4v) is 4.24. The van der Waals surface area contributed by atoms with E-state index >= 15 is 0 Å². The van der Waals surface area contributed by atoms with Gasteiger partial charge in [-0.1, -0.05) is 36.4 Å². The molecule has 0 unspecified atom stereocenters. The summed E-state index contributed by atoms with van der Waals surface area (Å²) in [4.78, 5) is 30.3. The maximum atomic E-state index is 13.6. The lowest BCUT2D eigenvalue weighted by atomic mass is 10.1. The third-order valence-corrected chi connectivity index (χ3v) is 6.26. The average molecular weight is 536 g/mol. The monoisotopic (exact) mass is 535 g/mol. The fraction of sp³-hybridized carbons (Fsp3) is 0.333. The van der Waals surface area contributed by atoms with Gasteiger partial charge in [-0.15, -0.1) is 6.58 Å². The lowest BCUT2D eigenvalue weighted by Crippen LogP contribution is -2.44. The van der Waals surface area contributed by atoms with E-state index in [2.05, 4.69) is 23.3 Å². The van der Waals surface area contributed by atoms with E-state index in [1.54, 1.807) is 30.2 Å². The Morgan fingerprint density at radius 1 is 0.923 bits per heavy atom. The number of hydrogen-bond acceptors (Lipinski definition) is 6. The van der Waals surface area contributed by atoms with Crippen molar-refractivity contribution in [2.45, 2.75) is 13.1 Å². The van der Waals surface area contributed by atoms with Crippen LogP contribution in [0.4, 0.5) is 0 Å². The van der Waals surface area contributed by atoms with Crippen molar-refractivity contribution in [3.63, 3.8) is 0 Å². The van der Waals surface area contributed by atoms with Gasteiger partial charge in [0.15, 0.2) is 11.5 Å². The molecule has 39 heavy (non-hydrogen) atoms. The van der Waals surface area contributed by atoms with Crippen molar-refractivity contribution in [1.82, 2.24) is 14.4 Å². The molecule has 0 spiro atoms. The van der Waals surface area contributed by atoms with E-state index < -0.39 is 0 Å². The van der Waals surface area contributed by atoms with E-state index in [1.807, 2.05) is 36.5 Å². The van der Waals surface area contributed by atoms with E-state index in [-0.39, 0.29) is 24.9 Å². The third-order valence-electron chi connectivity index (χ3n) is 6.26. The van der Waals surface area contributed by atoms with Crippen LogP contribution < -0.4 is 14.2 Å². The normalized spacial score (nSPS) is 10.6. The summed E-state index contributed by atoms with van der Waals surface area (Å²) in [7, 11) is 6.06. The first-order chi connectivity index (χ1) is 18.9. The van der Waals surface area contributed by atoms with E-state index in [0.29, 0.717) is 49.1 Å². The second kappa shape index (κ2) is 14.6. The zero-order valence-electron chi connectivity index (χ0n) is 23.1. The van der Waals surface area contributed by atoms with Gasteiger partial charge in [0.2, 0.25) is 11.7 Å². The standard InChI is InChI=1S/C30H37N3O6/c1-6-14-33(30(35)24-18-26(37-3)29(39-5)27(19-24)38-4)22-28(34)32(16-17-36-2)21-25-13-10-15-31(25)20-23-11-8-7-9-12-23/h6-13,15,18-19H,1,14,16-17,20-22H2,2-5H3. The molecule has 0 fully saturated rings. The molecule has 2 amide bonds. The summed E-state index contributed by atoms with van der Waals surface area (Å²) in [6.45, 7) is 5.64. The zero-order chi connectivity index (χ0) is 28.2. The molecule has 0 aliphatic carbocycles. The zero-order valence-corrected chi connectivity index (χ0v) is 23.1. The first-order valence-corrected chi connectivity index (χ1v) is 12.6. The fourth-order valence-electron chi connectivity index (χ4n) is 4.24. The van der Waals surface area contributed by atoms with Crippen molar-refractivity contribution in [2.24, 2.45) is 0 Å². The highest BCUT2D eigenvalue weighted by atomic mass is 16.5. The van der Waals surface area contributed by atoms with Crippen LogP contribution in [0.3, 0.4) is 0 Å². The molecule has 0 radical (unpaired) electrons. The molecule has 0 aliphatic rings. The number of methoxy groups -OCH3 is 4. The second-order valence-corrected chi connectivity index (χ2v) is 8.81. The van der Waals surface area contributed by atoms with Gasteiger partial charge >= 0.3 is 0 Å². The molecular weight excluding hydrogens is 498 g/mol. The molecule has 0 atom stereocenters. The Hall–Kier alpha value is -4.24. The van der Waals surface area contributed by atoms with Crippen molar-refractivity contribution >= 4 is 11.8 Å². The van der Waals surface area contributed by atoms with Gasteiger partial charge in [-0.05, 0) is 29.8 Å². The van der Waals surface area contributed by atoms with Gasteiger partial charge in [0.25, 0.3) is 5.91 Å². The van der Waals surface area contributed by atoms with Crippen molar-refractivity contribution in [2.75, 3.05) is 54.7 Å². The summed E-state index contributed by atoms with van der Waals surface area (Å²) in [5.74, 6) is 0.521. The molecule has 0 aliphatic heterocycles. The third kappa shape index (κ3) is 7.64. The summed E-state index contributed by atoms with van der Waals surface area (Å²) in [5.41, 5.74) is 2.45. The van der Waals surface area contributed by atoms with Gasteiger partial charge < -0.3 is 33.3 Å². The molecule has 0 saturated heterocycles. The molecule has 1 heterocycles. The number of benzene rings is 2. The van der Waals surface area contributed by atoms with E-state index in [9.17, 15) is 9.59 Å². The first-order valence-electron chi connectivity index (χ1n) is 12.6. The van der Waals surface area contributed by atoms with Gasteiger partial charge in [-0.2, -0.15) is 0 Å². The highest BCUT2D eigenvalue weighted by Crippen LogP contribution is 2.38. The van der Waals surface area contributed by atoms with Crippen LogP contribution >= 0.6 is 0 Å². The Balaban J connectivity index is 1.82. The number of carbonyl (C=O) groups excluding carboxylic acids is 2. The molecule has 3 rings (SSSR count). The van der Waals surface area contributed by atoms with E-state index in [4.69, 9.17) is 18.9 Å². The summed E-state index contributed by atoms with van der Waals surface area (Å²) in [5, 5.41) is 0. The highest BCUT2D eigenvalue weighted by Gasteiger charge is 2.25. The molecular formula is C30H37N3O6. The topological polar surface area (TPSA) is 82.5 Å². The van der Waals surface area contributed by atoms with Gasteiger partial charge in [0.1, 0.15) is 6.54 Å². The number of nitrogens with zero attached hydrogens (tertiary/aromatic N) is 3. The largest absolute Gasteiger partial charge is 0.493 e.